The molecule has 1 aliphatic rings. The normalized spacial score (nSPS) is 16.8. The molecule has 3 rings (SSSR count). The number of anilines is 2. The molecule has 2 aromatic carbocycles. The third kappa shape index (κ3) is 4.06. The lowest BCUT2D eigenvalue weighted by molar-refractivity contribution is -0.117. The molecule has 2 aromatic rings. The number of nitrogens with zero attached hydrogens (tertiary/aromatic N) is 1. The maximum atomic E-state index is 12.3. The second-order valence-corrected chi connectivity index (χ2v) is 6.76. The summed E-state index contributed by atoms with van der Waals surface area (Å²) in [5.41, 5.74) is 2.20. The number of carbonyl (C=O) groups is 2. The van der Waals surface area contributed by atoms with Crippen LogP contribution in [0.2, 0.25) is 10.0 Å². The number of urea groups is 1. The van der Waals surface area contributed by atoms with Crippen molar-refractivity contribution in [1.29, 1.82) is 0 Å². The zero-order chi connectivity index (χ0) is 18.0. The fourth-order valence-corrected chi connectivity index (χ4v) is 3.19. The first-order chi connectivity index (χ1) is 11.9. The molecule has 1 heterocycles. The van der Waals surface area contributed by atoms with E-state index in [1.54, 1.807) is 29.2 Å². The third-order valence-corrected chi connectivity index (χ3v) is 4.61. The SMILES string of the molecule is Cc1ccc(Cl)cc1NC(=O)NC1CC(=O)N(c2ccccc2Cl)C1. The molecule has 2 N–H and O–H groups in total. The van der Waals surface area contributed by atoms with Crippen molar-refractivity contribution in [2.75, 3.05) is 16.8 Å². The van der Waals surface area contributed by atoms with E-state index in [1.807, 2.05) is 25.1 Å². The Morgan fingerprint density at radius 2 is 1.96 bits per heavy atom. The van der Waals surface area contributed by atoms with Gasteiger partial charge in [-0.3, -0.25) is 4.79 Å². The minimum atomic E-state index is -0.371. The van der Waals surface area contributed by atoms with Crippen molar-refractivity contribution in [2.45, 2.75) is 19.4 Å². The number of hydrogen-bond acceptors (Lipinski definition) is 2. The summed E-state index contributed by atoms with van der Waals surface area (Å²) >= 11 is 12.1. The Hall–Kier alpha value is -2.24. The van der Waals surface area contributed by atoms with Crippen LogP contribution in [0, 0.1) is 6.92 Å². The van der Waals surface area contributed by atoms with Crippen LogP contribution in [0.1, 0.15) is 12.0 Å². The number of aryl methyl sites for hydroxylation is 1. The van der Waals surface area contributed by atoms with Gasteiger partial charge in [0.25, 0.3) is 0 Å². The number of para-hydroxylation sites is 1. The van der Waals surface area contributed by atoms with Crippen LogP contribution in [0.25, 0.3) is 0 Å². The maximum Gasteiger partial charge on any atom is 0.319 e. The summed E-state index contributed by atoms with van der Waals surface area (Å²) in [6, 6.07) is 11.8. The molecular formula is C18H17Cl2N3O2. The largest absolute Gasteiger partial charge is 0.333 e. The lowest BCUT2D eigenvalue weighted by Gasteiger charge is -2.18. The van der Waals surface area contributed by atoms with E-state index in [2.05, 4.69) is 10.6 Å². The van der Waals surface area contributed by atoms with Crippen molar-refractivity contribution < 1.29 is 9.59 Å². The molecule has 130 valence electrons. The summed E-state index contributed by atoms with van der Waals surface area (Å²) in [4.78, 5) is 26.1. The van der Waals surface area contributed by atoms with Gasteiger partial charge in [0.2, 0.25) is 5.91 Å². The minimum Gasteiger partial charge on any atom is -0.333 e. The summed E-state index contributed by atoms with van der Waals surface area (Å²) in [7, 11) is 0. The average Bonchev–Trinajstić information content (AvgIpc) is 2.91. The van der Waals surface area contributed by atoms with Gasteiger partial charge >= 0.3 is 6.03 Å². The van der Waals surface area contributed by atoms with Crippen LogP contribution >= 0.6 is 23.2 Å². The van der Waals surface area contributed by atoms with Crippen molar-refractivity contribution in [2.24, 2.45) is 0 Å². The van der Waals surface area contributed by atoms with Gasteiger partial charge in [-0.1, -0.05) is 41.4 Å². The van der Waals surface area contributed by atoms with Gasteiger partial charge < -0.3 is 15.5 Å². The molecule has 1 saturated heterocycles. The lowest BCUT2D eigenvalue weighted by Crippen LogP contribution is -2.39. The number of amides is 3. The zero-order valence-electron chi connectivity index (χ0n) is 13.6. The highest BCUT2D eigenvalue weighted by atomic mass is 35.5. The average molecular weight is 378 g/mol. The predicted molar refractivity (Wildman–Crippen MR) is 101 cm³/mol. The molecule has 1 atom stereocenters. The molecule has 0 spiro atoms. The van der Waals surface area contributed by atoms with E-state index in [0.717, 1.165) is 5.56 Å². The van der Waals surface area contributed by atoms with E-state index in [9.17, 15) is 9.59 Å². The summed E-state index contributed by atoms with van der Waals surface area (Å²) < 4.78 is 0. The number of nitrogens with one attached hydrogen (secondary N) is 2. The monoisotopic (exact) mass is 377 g/mol. The summed E-state index contributed by atoms with van der Waals surface area (Å²) in [6.45, 7) is 2.26. The number of halogens is 2. The molecule has 0 radical (unpaired) electrons. The molecule has 0 aliphatic carbocycles. The van der Waals surface area contributed by atoms with E-state index in [-0.39, 0.29) is 24.4 Å². The van der Waals surface area contributed by atoms with Gasteiger partial charge in [-0.2, -0.15) is 0 Å². The third-order valence-electron chi connectivity index (χ3n) is 4.05. The van der Waals surface area contributed by atoms with Gasteiger partial charge in [-0.15, -0.1) is 0 Å². The highest BCUT2D eigenvalue weighted by Crippen LogP contribution is 2.29. The molecular weight excluding hydrogens is 361 g/mol. The molecule has 25 heavy (non-hydrogen) atoms. The van der Waals surface area contributed by atoms with Crippen molar-refractivity contribution in [1.82, 2.24) is 5.32 Å². The van der Waals surface area contributed by atoms with Gasteiger partial charge in [-0.25, -0.2) is 4.79 Å². The quantitative estimate of drug-likeness (QED) is 0.840. The van der Waals surface area contributed by atoms with Crippen molar-refractivity contribution in [3.05, 3.63) is 58.1 Å². The first-order valence-corrected chi connectivity index (χ1v) is 8.58. The zero-order valence-corrected chi connectivity index (χ0v) is 15.1. The highest BCUT2D eigenvalue weighted by molar-refractivity contribution is 6.33. The van der Waals surface area contributed by atoms with E-state index in [1.165, 1.54) is 0 Å². The highest BCUT2D eigenvalue weighted by Gasteiger charge is 2.32. The summed E-state index contributed by atoms with van der Waals surface area (Å²) in [5.74, 6) is -0.0719. The molecule has 7 heteroatoms. The topological polar surface area (TPSA) is 61.4 Å². The Balaban J connectivity index is 1.64. The summed E-state index contributed by atoms with van der Waals surface area (Å²) in [5, 5.41) is 6.65. The molecule has 0 aromatic heterocycles. The van der Waals surface area contributed by atoms with Crippen LogP contribution in [-0.2, 0) is 4.79 Å². The Bertz CT molecular complexity index is 826. The van der Waals surface area contributed by atoms with Gasteiger partial charge in [0.05, 0.1) is 16.8 Å². The fraction of sp³-hybridized carbons (Fsp3) is 0.222. The first-order valence-electron chi connectivity index (χ1n) is 7.82. The summed E-state index contributed by atoms with van der Waals surface area (Å²) in [6.07, 6.45) is 0.229. The van der Waals surface area contributed by atoms with Crippen molar-refractivity contribution in [3.8, 4) is 0 Å². The van der Waals surface area contributed by atoms with Gasteiger partial charge in [0.1, 0.15) is 0 Å². The van der Waals surface area contributed by atoms with Crippen LogP contribution in [-0.4, -0.2) is 24.5 Å². The van der Waals surface area contributed by atoms with Crippen molar-refractivity contribution in [3.63, 3.8) is 0 Å². The Labute approximate surface area is 155 Å². The number of carbonyl (C=O) groups excluding carboxylic acids is 2. The van der Waals surface area contributed by atoms with Crippen LogP contribution in [0.5, 0.6) is 0 Å². The maximum absolute atomic E-state index is 12.3. The number of benzene rings is 2. The predicted octanol–water partition coefficient (Wildman–Crippen LogP) is 4.23. The molecule has 1 fully saturated rings. The first kappa shape index (κ1) is 17.6. The Morgan fingerprint density at radius 3 is 2.72 bits per heavy atom. The second kappa shape index (κ2) is 7.33. The van der Waals surface area contributed by atoms with E-state index in [4.69, 9.17) is 23.2 Å². The molecule has 1 aliphatic heterocycles. The number of hydrogen-bond donors (Lipinski definition) is 2. The van der Waals surface area contributed by atoms with E-state index in [0.29, 0.717) is 28.0 Å². The molecule has 0 saturated carbocycles. The van der Waals surface area contributed by atoms with Gasteiger partial charge in [0.15, 0.2) is 0 Å². The minimum absolute atomic E-state index is 0.0719. The van der Waals surface area contributed by atoms with Gasteiger partial charge in [0, 0.05) is 23.7 Å². The standard InChI is InChI=1S/C18H17Cl2N3O2/c1-11-6-7-12(19)8-15(11)22-18(25)21-13-9-17(24)23(10-13)16-5-3-2-4-14(16)20/h2-8,13H,9-10H2,1H3,(H2,21,22,25). The molecule has 3 amide bonds. The van der Waals surface area contributed by atoms with Crippen molar-refractivity contribution >= 4 is 46.5 Å². The van der Waals surface area contributed by atoms with Crippen LogP contribution < -0.4 is 15.5 Å². The molecule has 1 unspecified atom stereocenters. The smallest absolute Gasteiger partial charge is 0.319 e. The molecule has 0 bridgehead atoms. The Kier molecular flexibility index (Phi) is 5.16. The fourth-order valence-electron chi connectivity index (χ4n) is 2.78. The second-order valence-electron chi connectivity index (χ2n) is 5.91. The van der Waals surface area contributed by atoms with E-state index >= 15 is 0 Å². The molecule has 5 nitrogen and oxygen atoms in total. The number of rotatable bonds is 3. The van der Waals surface area contributed by atoms with Crippen LogP contribution in [0.15, 0.2) is 42.5 Å². The van der Waals surface area contributed by atoms with Crippen LogP contribution in [0.4, 0.5) is 16.2 Å². The van der Waals surface area contributed by atoms with Gasteiger partial charge in [-0.05, 0) is 36.8 Å². The van der Waals surface area contributed by atoms with E-state index < -0.39 is 0 Å². The lowest BCUT2D eigenvalue weighted by atomic mass is 10.2. The van der Waals surface area contributed by atoms with Crippen LogP contribution in [0.3, 0.4) is 0 Å². The Morgan fingerprint density at radius 1 is 1.20 bits per heavy atom.